The van der Waals surface area contributed by atoms with Crippen LogP contribution in [0.2, 0.25) is 0 Å². The average Bonchev–Trinajstić information content (AvgIpc) is 3.38. The van der Waals surface area contributed by atoms with Crippen molar-refractivity contribution in [2.24, 2.45) is 5.92 Å². The Morgan fingerprint density at radius 1 is 1.15 bits per heavy atom. The fourth-order valence-electron chi connectivity index (χ4n) is 3.21. The van der Waals surface area contributed by atoms with Crippen LogP contribution in [-0.2, 0) is 9.84 Å². The normalized spacial score (nSPS) is 15.7. The molecule has 0 bridgehead atoms. The van der Waals surface area contributed by atoms with E-state index in [2.05, 4.69) is 10.3 Å². The zero-order valence-electron chi connectivity index (χ0n) is 14.3. The predicted octanol–water partition coefficient (Wildman–Crippen LogP) is 2.62. The zero-order chi connectivity index (χ0) is 18.3. The molecule has 0 saturated heterocycles. The molecule has 1 saturated carbocycles. The molecular formula is C19H19N3O3S. The number of imidazole rings is 1. The first kappa shape index (κ1) is 16.8. The summed E-state index contributed by atoms with van der Waals surface area (Å²) < 4.78 is 25.5. The van der Waals surface area contributed by atoms with Crippen LogP contribution in [0.1, 0.15) is 34.9 Å². The van der Waals surface area contributed by atoms with E-state index in [1.165, 1.54) is 4.40 Å². The van der Waals surface area contributed by atoms with Gasteiger partial charge >= 0.3 is 0 Å². The van der Waals surface area contributed by atoms with Crippen LogP contribution in [0.25, 0.3) is 5.52 Å². The summed E-state index contributed by atoms with van der Waals surface area (Å²) in [6, 6.07) is 14.9. The lowest BCUT2D eigenvalue weighted by atomic mass is 10.0. The third kappa shape index (κ3) is 3.10. The molecule has 26 heavy (non-hydrogen) atoms. The highest BCUT2D eigenvalue weighted by atomic mass is 32.2. The molecule has 1 aromatic carbocycles. The molecule has 7 heteroatoms. The Morgan fingerprint density at radius 3 is 2.50 bits per heavy atom. The summed E-state index contributed by atoms with van der Waals surface area (Å²) in [5, 5.41) is 2.93. The fraction of sp³-hybridized carbons (Fsp3) is 0.263. The Kier molecular flexibility index (Phi) is 4.03. The van der Waals surface area contributed by atoms with E-state index in [1.807, 2.05) is 30.3 Å². The predicted molar refractivity (Wildman–Crippen MR) is 97.7 cm³/mol. The Morgan fingerprint density at radius 2 is 1.85 bits per heavy atom. The standard InChI is InChI=1S/C19H19N3O3S/c1-26(24,25)19-21-17(15-9-5-6-12-22(15)19)18(23)20-16(14-10-11-14)13-7-3-2-4-8-13/h2-9,12,14,16H,10-11H2,1H3,(H,20,23)/t16-/m1/s1. The number of benzene rings is 1. The molecule has 1 aliphatic rings. The molecule has 1 atom stereocenters. The van der Waals surface area contributed by atoms with Crippen LogP contribution < -0.4 is 5.32 Å². The quantitative estimate of drug-likeness (QED) is 0.750. The van der Waals surface area contributed by atoms with Crippen LogP contribution >= 0.6 is 0 Å². The number of hydrogen-bond donors (Lipinski definition) is 1. The number of amides is 1. The van der Waals surface area contributed by atoms with Crippen molar-refractivity contribution in [3.8, 4) is 0 Å². The highest BCUT2D eigenvalue weighted by Crippen LogP contribution is 2.41. The van der Waals surface area contributed by atoms with Crippen LogP contribution in [0.15, 0.2) is 59.9 Å². The molecular weight excluding hydrogens is 350 g/mol. The highest BCUT2D eigenvalue weighted by molar-refractivity contribution is 7.90. The van der Waals surface area contributed by atoms with E-state index in [0.717, 1.165) is 24.7 Å². The van der Waals surface area contributed by atoms with Gasteiger partial charge in [0.15, 0.2) is 5.69 Å². The maximum atomic E-state index is 12.9. The number of pyridine rings is 1. The van der Waals surface area contributed by atoms with Gasteiger partial charge in [0, 0.05) is 12.5 Å². The van der Waals surface area contributed by atoms with E-state index in [0.29, 0.717) is 11.4 Å². The van der Waals surface area contributed by atoms with Crippen LogP contribution in [0, 0.1) is 5.92 Å². The number of sulfone groups is 1. The van der Waals surface area contributed by atoms with Gasteiger partial charge < -0.3 is 5.32 Å². The molecule has 0 spiro atoms. The van der Waals surface area contributed by atoms with Crippen molar-refractivity contribution >= 4 is 21.3 Å². The smallest absolute Gasteiger partial charge is 0.272 e. The van der Waals surface area contributed by atoms with Crippen LogP contribution in [0.5, 0.6) is 0 Å². The number of nitrogens with one attached hydrogen (secondary N) is 1. The van der Waals surface area contributed by atoms with Crippen molar-refractivity contribution in [3.63, 3.8) is 0 Å². The van der Waals surface area contributed by atoms with Gasteiger partial charge in [0.1, 0.15) is 0 Å². The highest BCUT2D eigenvalue weighted by Gasteiger charge is 2.34. The van der Waals surface area contributed by atoms with Crippen LogP contribution in [0.3, 0.4) is 0 Å². The third-order valence-corrected chi connectivity index (χ3v) is 5.55. The number of carbonyl (C=O) groups excluding carboxylic acids is 1. The number of carbonyl (C=O) groups is 1. The molecule has 1 aliphatic carbocycles. The average molecular weight is 369 g/mol. The molecule has 6 nitrogen and oxygen atoms in total. The first-order chi connectivity index (χ1) is 12.4. The minimum Gasteiger partial charge on any atom is -0.344 e. The maximum absolute atomic E-state index is 12.9. The summed E-state index contributed by atoms with van der Waals surface area (Å²) in [7, 11) is -3.55. The Hall–Kier alpha value is -2.67. The summed E-state index contributed by atoms with van der Waals surface area (Å²) >= 11 is 0. The Bertz CT molecular complexity index is 1070. The second-order valence-electron chi connectivity index (χ2n) is 6.67. The number of fused-ring (bicyclic) bond motifs is 1. The number of aromatic nitrogens is 2. The first-order valence-electron chi connectivity index (χ1n) is 8.48. The summed E-state index contributed by atoms with van der Waals surface area (Å²) in [6.07, 6.45) is 4.83. The van der Waals surface area contributed by atoms with Crippen molar-refractivity contribution in [1.29, 1.82) is 0 Å². The van der Waals surface area contributed by atoms with E-state index in [-0.39, 0.29) is 22.8 Å². The van der Waals surface area contributed by atoms with Crippen molar-refractivity contribution in [2.75, 3.05) is 6.26 Å². The van der Waals surface area contributed by atoms with Gasteiger partial charge in [-0.1, -0.05) is 36.4 Å². The minimum atomic E-state index is -3.55. The third-order valence-electron chi connectivity index (χ3n) is 4.60. The second kappa shape index (κ2) is 6.25. The van der Waals surface area contributed by atoms with Crippen molar-refractivity contribution < 1.29 is 13.2 Å². The molecule has 1 fully saturated rings. The van der Waals surface area contributed by atoms with E-state index in [1.54, 1.807) is 24.4 Å². The van der Waals surface area contributed by atoms with Gasteiger partial charge in [0.05, 0.1) is 11.6 Å². The lowest BCUT2D eigenvalue weighted by Crippen LogP contribution is -2.30. The molecule has 4 rings (SSSR count). The van der Waals surface area contributed by atoms with E-state index >= 15 is 0 Å². The number of hydrogen-bond acceptors (Lipinski definition) is 4. The largest absolute Gasteiger partial charge is 0.344 e. The van der Waals surface area contributed by atoms with E-state index < -0.39 is 9.84 Å². The lowest BCUT2D eigenvalue weighted by Gasteiger charge is -2.18. The van der Waals surface area contributed by atoms with Gasteiger partial charge in [-0.2, -0.15) is 0 Å². The first-order valence-corrected chi connectivity index (χ1v) is 10.4. The van der Waals surface area contributed by atoms with Gasteiger partial charge in [0.2, 0.25) is 15.0 Å². The van der Waals surface area contributed by atoms with Gasteiger partial charge in [-0.3, -0.25) is 9.20 Å². The minimum absolute atomic E-state index is 0.0918. The second-order valence-corrected chi connectivity index (χ2v) is 8.58. The number of nitrogens with zero attached hydrogens (tertiary/aromatic N) is 2. The summed E-state index contributed by atoms with van der Waals surface area (Å²) in [5.41, 5.74) is 1.66. The number of rotatable bonds is 5. The van der Waals surface area contributed by atoms with Gasteiger partial charge in [-0.15, -0.1) is 0 Å². The molecule has 2 aromatic heterocycles. The van der Waals surface area contributed by atoms with E-state index in [9.17, 15) is 13.2 Å². The Balaban J connectivity index is 1.72. The zero-order valence-corrected chi connectivity index (χ0v) is 15.1. The molecule has 1 amide bonds. The Labute approximate surface area is 151 Å². The molecule has 0 radical (unpaired) electrons. The molecule has 134 valence electrons. The van der Waals surface area contributed by atoms with Gasteiger partial charge in [0.25, 0.3) is 5.91 Å². The summed E-state index contributed by atoms with van der Waals surface area (Å²) in [6.45, 7) is 0. The van der Waals surface area contributed by atoms with Gasteiger partial charge in [-0.25, -0.2) is 13.4 Å². The van der Waals surface area contributed by atoms with Crippen molar-refractivity contribution in [1.82, 2.24) is 14.7 Å². The molecule has 0 aliphatic heterocycles. The lowest BCUT2D eigenvalue weighted by molar-refractivity contribution is 0.0928. The van der Waals surface area contributed by atoms with Crippen LogP contribution in [-0.4, -0.2) is 30.0 Å². The SMILES string of the molecule is CS(=O)(=O)c1nc(C(=O)N[C@H](c2ccccc2)C2CC2)c2ccccn12. The maximum Gasteiger partial charge on any atom is 0.272 e. The topological polar surface area (TPSA) is 80.5 Å². The molecule has 3 aromatic rings. The summed E-state index contributed by atoms with van der Waals surface area (Å²) in [4.78, 5) is 17.1. The summed E-state index contributed by atoms with van der Waals surface area (Å²) in [5.74, 6) is 0.0500. The van der Waals surface area contributed by atoms with E-state index in [4.69, 9.17) is 0 Å². The van der Waals surface area contributed by atoms with Crippen molar-refractivity contribution in [3.05, 3.63) is 66.0 Å². The monoisotopic (exact) mass is 369 g/mol. The van der Waals surface area contributed by atoms with Crippen LogP contribution in [0.4, 0.5) is 0 Å². The fourth-order valence-corrected chi connectivity index (χ4v) is 3.98. The molecule has 0 unspecified atom stereocenters. The molecule has 1 N–H and O–H groups in total. The van der Waals surface area contributed by atoms with Crippen molar-refractivity contribution in [2.45, 2.75) is 24.0 Å². The van der Waals surface area contributed by atoms with Gasteiger partial charge in [-0.05, 0) is 36.5 Å². The molecule has 2 heterocycles.